The molecule has 9 heteroatoms. The smallest absolute Gasteiger partial charge is 0.191 e. The van der Waals surface area contributed by atoms with Crippen molar-refractivity contribution in [3.8, 4) is 0 Å². The van der Waals surface area contributed by atoms with Gasteiger partial charge in [-0.3, -0.25) is 4.99 Å². The normalized spacial score (nSPS) is 16.6. The third kappa shape index (κ3) is 5.65. The zero-order chi connectivity index (χ0) is 17.6. The number of hydrogen-bond donors (Lipinski definition) is 2. The lowest BCUT2D eigenvalue weighted by Crippen LogP contribution is -2.46. The number of nitrogens with zero attached hydrogens (tertiary/aromatic N) is 4. The molecule has 1 aliphatic heterocycles. The summed E-state index contributed by atoms with van der Waals surface area (Å²) in [5.41, 5.74) is 1.20. The van der Waals surface area contributed by atoms with Crippen LogP contribution in [0.2, 0.25) is 0 Å². The van der Waals surface area contributed by atoms with Gasteiger partial charge in [-0.2, -0.15) is 5.10 Å². The van der Waals surface area contributed by atoms with Crippen molar-refractivity contribution in [2.45, 2.75) is 38.6 Å². The van der Waals surface area contributed by atoms with E-state index in [1.165, 1.54) is 5.56 Å². The molecule has 0 saturated carbocycles. The minimum absolute atomic E-state index is 0. The number of aliphatic imine (C=N–C) groups is 1. The molecule has 0 radical (unpaired) electrons. The maximum Gasteiger partial charge on any atom is 0.191 e. The summed E-state index contributed by atoms with van der Waals surface area (Å²) in [7, 11) is 3.45. The fraction of sp³-hybridized carbons (Fsp3) is 0.471. The molecule has 1 aromatic carbocycles. The quantitative estimate of drug-likeness (QED) is 0.350. The van der Waals surface area contributed by atoms with E-state index in [1.807, 2.05) is 16.8 Å². The number of ether oxygens (including phenoxy) is 1. The highest BCUT2D eigenvalue weighted by molar-refractivity contribution is 14.0. The topological polar surface area (TPSA) is 76.4 Å². The van der Waals surface area contributed by atoms with E-state index in [2.05, 4.69) is 53.8 Å². The van der Waals surface area contributed by atoms with E-state index in [1.54, 1.807) is 14.2 Å². The van der Waals surface area contributed by atoms with Crippen molar-refractivity contribution in [2.24, 2.45) is 4.99 Å². The van der Waals surface area contributed by atoms with Crippen molar-refractivity contribution < 1.29 is 4.74 Å². The average molecular weight is 535 g/mol. The molecule has 0 fully saturated rings. The molecule has 2 N–H and O–H groups in total. The fourth-order valence-corrected chi connectivity index (χ4v) is 3.34. The van der Waals surface area contributed by atoms with Crippen LogP contribution in [0, 0.1) is 0 Å². The number of guanidine groups is 1. The van der Waals surface area contributed by atoms with Gasteiger partial charge in [-0.05, 0) is 24.1 Å². The van der Waals surface area contributed by atoms with Gasteiger partial charge in [0, 0.05) is 37.6 Å². The number of benzene rings is 1. The Morgan fingerprint density at radius 1 is 1.46 bits per heavy atom. The van der Waals surface area contributed by atoms with Gasteiger partial charge in [-0.25, -0.2) is 9.67 Å². The zero-order valence-corrected chi connectivity index (χ0v) is 18.8. The zero-order valence-electron chi connectivity index (χ0n) is 14.9. The predicted octanol–water partition coefficient (Wildman–Crippen LogP) is 2.49. The Kier molecular flexibility index (Phi) is 8.29. The van der Waals surface area contributed by atoms with Gasteiger partial charge in [0.1, 0.15) is 12.4 Å². The van der Waals surface area contributed by atoms with E-state index in [0.29, 0.717) is 6.61 Å². The predicted molar refractivity (Wildman–Crippen MR) is 116 cm³/mol. The second-order valence-electron chi connectivity index (χ2n) is 6.00. The molecule has 1 aromatic heterocycles. The fourth-order valence-electron chi connectivity index (χ4n) is 2.89. The van der Waals surface area contributed by atoms with Crippen LogP contribution in [0.4, 0.5) is 0 Å². The summed E-state index contributed by atoms with van der Waals surface area (Å²) in [6.07, 6.45) is 1.90. The molecule has 0 saturated heterocycles. The van der Waals surface area contributed by atoms with Crippen LogP contribution < -0.4 is 10.6 Å². The Balaban J connectivity index is 0.00000243. The minimum Gasteiger partial charge on any atom is -0.377 e. The van der Waals surface area contributed by atoms with E-state index in [4.69, 9.17) is 4.74 Å². The maximum atomic E-state index is 5.11. The van der Waals surface area contributed by atoms with Crippen LogP contribution in [-0.2, 0) is 30.9 Å². The van der Waals surface area contributed by atoms with Gasteiger partial charge in [0.2, 0.25) is 0 Å². The van der Waals surface area contributed by atoms with Gasteiger partial charge in [-0.1, -0.05) is 28.1 Å². The van der Waals surface area contributed by atoms with Crippen molar-refractivity contribution in [1.29, 1.82) is 0 Å². The first kappa shape index (κ1) is 21.1. The third-order valence-electron chi connectivity index (χ3n) is 4.09. The highest BCUT2D eigenvalue weighted by Gasteiger charge is 2.22. The van der Waals surface area contributed by atoms with Crippen molar-refractivity contribution >= 4 is 45.9 Å². The lowest BCUT2D eigenvalue weighted by Gasteiger charge is -2.25. The number of rotatable bonds is 5. The van der Waals surface area contributed by atoms with Crippen molar-refractivity contribution in [3.63, 3.8) is 0 Å². The lowest BCUT2D eigenvalue weighted by atomic mass is 10.1. The largest absolute Gasteiger partial charge is 0.377 e. The Labute approximate surface area is 179 Å². The molecule has 3 rings (SSSR count). The summed E-state index contributed by atoms with van der Waals surface area (Å²) < 4.78 is 8.16. The number of fused-ring (bicyclic) bond motifs is 1. The summed E-state index contributed by atoms with van der Waals surface area (Å²) in [6.45, 7) is 1.95. The van der Waals surface area contributed by atoms with Crippen molar-refractivity contribution in [1.82, 2.24) is 25.4 Å². The van der Waals surface area contributed by atoms with Crippen LogP contribution in [0.25, 0.3) is 0 Å². The van der Waals surface area contributed by atoms with Gasteiger partial charge in [0.15, 0.2) is 11.8 Å². The van der Waals surface area contributed by atoms with Crippen LogP contribution in [0.15, 0.2) is 33.7 Å². The van der Waals surface area contributed by atoms with Crippen LogP contribution in [-0.4, -0.2) is 40.9 Å². The average Bonchev–Trinajstić information content (AvgIpc) is 3.00. The number of nitrogens with one attached hydrogen (secondary N) is 2. The SMILES string of the molecule is CN=C(NCc1cccc(Br)c1)NC1CCc2nc(COC)nn2C1.I. The molecule has 7 nitrogen and oxygen atoms in total. The number of hydrogen-bond acceptors (Lipinski definition) is 4. The summed E-state index contributed by atoms with van der Waals surface area (Å²) in [6, 6.07) is 8.51. The number of methoxy groups -OCH3 is 1. The standard InChI is InChI=1S/C17H23BrN6O.HI/c1-19-17(20-9-12-4-3-5-13(18)8-12)21-14-6-7-16-22-15(11-25-2)23-24(16)10-14;/h3-5,8,14H,6-7,9-11H2,1-2H3,(H2,19,20,21);1H. The Morgan fingerprint density at radius 3 is 3.04 bits per heavy atom. The number of aromatic nitrogens is 3. The van der Waals surface area contributed by atoms with Crippen molar-refractivity contribution in [3.05, 3.63) is 46.0 Å². The Morgan fingerprint density at radius 2 is 2.31 bits per heavy atom. The maximum absolute atomic E-state index is 5.11. The van der Waals surface area contributed by atoms with Crippen LogP contribution in [0.3, 0.4) is 0 Å². The van der Waals surface area contributed by atoms with Gasteiger partial charge in [-0.15, -0.1) is 24.0 Å². The summed E-state index contributed by atoms with van der Waals surface area (Å²) in [5.74, 6) is 2.57. The molecule has 26 heavy (non-hydrogen) atoms. The highest BCUT2D eigenvalue weighted by atomic mass is 127. The molecule has 1 unspecified atom stereocenters. The molecule has 1 atom stereocenters. The summed E-state index contributed by atoms with van der Waals surface area (Å²) >= 11 is 3.50. The van der Waals surface area contributed by atoms with Gasteiger partial charge >= 0.3 is 0 Å². The van der Waals surface area contributed by atoms with E-state index < -0.39 is 0 Å². The molecule has 1 aliphatic rings. The molecule has 0 spiro atoms. The molecule has 0 bridgehead atoms. The van der Waals surface area contributed by atoms with E-state index in [9.17, 15) is 0 Å². The number of aryl methyl sites for hydroxylation is 1. The number of halogens is 2. The molecular weight excluding hydrogens is 511 g/mol. The Hall–Kier alpha value is -1.20. The molecule has 2 heterocycles. The highest BCUT2D eigenvalue weighted by Crippen LogP contribution is 2.14. The molecular formula is C17H24BrIN6O. The van der Waals surface area contributed by atoms with E-state index >= 15 is 0 Å². The van der Waals surface area contributed by atoms with Crippen LogP contribution in [0.1, 0.15) is 23.6 Å². The summed E-state index contributed by atoms with van der Waals surface area (Å²) in [4.78, 5) is 8.83. The molecule has 0 aliphatic carbocycles. The van der Waals surface area contributed by atoms with Gasteiger partial charge in [0.05, 0.1) is 6.54 Å². The second-order valence-corrected chi connectivity index (χ2v) is 6.91. The van der Waals surface area contributed by atoms with E-state index in [-0.39, 0.29) is 30.0 Å². The first-order valence-corrected chi connectivity index (χ1v) is 9.10. The third-order valence-corrected chi connectivity index (χ3v) is 4.58. The van der Waals surface area contributed by atoms with Crippen molar-refractivity contribution in [2.75, 3.05) is 14.2 Å². The van der Waals surface area contributed by atoms with Crippen LogP contribution in [0.5, 0.6) is 0 Å². The minimum atomic E-state index is 0. The first-order chi connectivity index (χ1) is 12.2. The Bertz CT molecular complexity index is 751. The van der Waals surface area contributed by atoms with Crippen LogP contribution >= 0.6 is 39.9 Å². The molecule has 2 aromatic rings. The summed E-state index contributed by atoms with van der Waals surface area (Å²) in [5, 5.41) is 11.3. The first-order valence-electron chi connectivity index (χ1n) is 8.31. The van der Waals surface area contributed by atoms with E-state index in [0.717, 1.165) is 48.0 Å². The lowest BCUT2D eigenvalue weighted by molar-refractivity contribution is 0.177. The van der Waals surface area contributed by atoms with Gasteiger partial charge in [0.25, 0.3) is 0 Å². The van der Waals surface area contributed by atoms with Gasteiger partial charge < -0.3 is 15.4 Å². The molecule has 142 valence electrons. The second kappa shape index (κ2) is 10.2. The monoisotopic (exact) mass is 534 g/mol. The molecule has 0 amide bonds.